The van der Waals surface area contributed by atoms with Crippen molar-refractivity contribution in [2.75, 3.05) is 20.8 Å². The summed E-state index contributed by atoms with van der Waals surface area (Å²) in [6.07, 6.45) is 1.99. The molecule has 1 atom stereocenters. The first kappa shape index (κ1) is 22.4. The van der Waals surface area contributed by atoms with Gasteiger partial charge in [-0.3, -0.25) is 4.79 Å². The van der Waals surface area contributed by atoms with Gasteiger partial charge in [-0.2, -0.15) is 5.10 Å². The summed E-state index contributed by atoms with van der Waals surface area (Å²) in [6, 6.07) is 14.9. The van der Waals surface area contributed by atoms with E-state index in [0.717, 1.165) is 5.56 Å². The molecular weight excluding hydrogens is 448 g/mol. The largest absolute Gasteiger partial charge is 0.493 e. The molecule has 1 aliphatic heterocycles. The number of rotatable bonds is 7. The third-order valence-electron chi connectivity index (χ3n) is 5.16. The van der Waals surface area contributed by atoms with E-state index < -0.39 is 24.5 Å². The number of methoxy groups -OCH3 is 2. The Labute approximate surface area is 195 Å². The molecule has 0 saturated carbocycles. The highest BCUT2D eigenvalue weighted by molar-refractivity contribution is 6.30. The molecule has 3 aromatic rings. The van der Waals surface area contributed by atoms with Crippen LogP contribution in [0.1, 0.15) is 34.1 Å². The van der Waals surface area contributed by atoms with Gasteiger partial charge in [0.1, 0.15) is 11.8 Å². The second kappa shape index (κ2) is 9.79. The molecule has 0 saturated heterocycles. The molecule has 0 radical (unpaired) electrons. The fourth-order valence-corrected chi connectivity index (χ4v) is 3.63. The highest BCUT2D eigenvalue weighted by Gasteiger charge is 2.35. The number of benzene rings is 2. The molecular formula is C24H21ClN2O6. The second-order valence-corrected chi connectivity index (χ2v) is 7.61. The van der Waals surface area contributed by atoms with Gasteiger partial charge in [0.15, 0.2) is 18.1 Å². The lowest BCUT2D eigenvalue weighted by Crippen LogP contribution is -2.31. The summed E-state index contributed by atoms with van der Waals surface area (Å²) in [4.78, 5) is 25.5. The third kappa shape index (κ3) is 4.85. The Morgan fingerprint density at radius 1 is 1.09 bits per heavy atom. The molecule has 1 aliphatic rings. The van der Waals surface area contributed by atoms with Crippen LogP contribution >= 0.6 is 11.6 Å². The van der Waals surface area contributed by atoms with E-state index in [1.165, 1.54) is 37.6 Å². The fourth-order valence-electron chi connectivity index (χ4n) is 3.50. The highest BCUT2D eigenvalue weighted by atomic mass is 35.5. The van der Waals surface area contributed by atoms with Gasteiger partial charge in [-0.25, -0.2) is 9.80 Å². The van der Waals surface area contributed by atoms with Crippen molar-refractivity contribution in [3.63, 3.8) is 0 Å². The minimum absolute atomic E-state index is 0.231. The molecule has 0 N–H and O–H groups in total. The molecule has 0 spiro atoms. The Balaban J connectivity index is 1.50. The maximum atomic E-state index is 13.0. The van der Waals surface area contributed by atoms with Crippen molar-refractivity contribution >= 4 is 29.2 Å². The van der Waals surface area contributed by atoms with Gasteiger partial charge >= 0.3 is 5.97 Å². The van der Waals surface area contributed by atoms with Crippen LogP contribution in [0.3, 0.4) is 0 Å². The van der Waals surface area contributed by atoms with Crippen molar-refractivity contribution in [3.8, 4) is 11.5 Å². The number of hydrogen-bond acceptors (Lipinski definition) is 7. The summed E-state index contributed by atoms with van der Waals surface area (Å²) >= 11 is 5.98. The van der Waals surface area contributed by atoms with Gasteiger partial charge in [-0.1, -0.05) is 23.7 Å². The van der Waals surface area contributed by atoms with Gasteiger partial charge in [0.2, 0.25) is 0 Å². The van der Waals surface area contributed by atoms with Crippen LogP contribution in [0.2, 0.25) is 5.02 Å². The van der Waals surface area contributed by atoms with E-state index in [4.69, 9.17) is 30.2 Å². The summed E-state index contributed by atoms with van der Waals surface area (Å²) in [5.41, 5.74) is 1.77. The summed E-state index contributed by atoms with van der Waals surface area (Å²) in [5, 5.41) is 6.40. The summed E-state index contributed by atoms with van der Waals surface area (Å²) < 4.78 is 21.1. The summed E-state index contributed by atoms with van der Waals surface area (Å²) in [6.45, 7) is -0.484. The first-order valence-corrected chi connectivity index (χ1v) is 10.5. The van der Waals surface area contributed by atoms with E-state index in [0.29, 0.717) is 34.4 Å². The number of hydrazone groups is 1. The predicted octanol–water partition coefficient (Wildman–Crippen LogP) is 4.48. The third-order valence-corrected chi connectivity index (χ3v) is 5.41. The lowest BCUT2D eigenvalue weighted by molar-refractivity contribution is -0.136. The molecule has 2 aromatic carbocycles. The highest BCUT2D eigenvalue weighted by Crippen LogP contribution is 2.33. The molecule has 1 amide bonds. The molecule has 0 bridgehead atoms. The van der Waals surface area contributed by atoms with E-state index in [2.05, 4.69) is 5.10 Å². The zero-order chi connectivity index (χ0) is 23.4. The number of carbonyl (C=O) groups is 2. The molecule has 0 unspecified atom stereocenters. The Morgan fingerprint density at radius 2 is 1.85 bits per heavy atom. The van der Waals surface area contributed by atoms with Crippen LogP contribution in [0.4, 0.5) is 0 Å². The molecule has 9 heteroatoms. The van der Waals surface area contributed by atoms with Crippen LogP contribution in [-0.2, 0) is 9.53 Å². The van der Waals surface area contributed by atoms with Gasteiger partial charge in [-0.15, -0.1) is 0 Å². The molecule has 33 heavy (non-hydrogen) atoms. The minimum atomic E-state index is -0.667. The standard InChI is InChI=1S/C24H21ClN2O6/c1-30-21-10-7-16(12-22(21)31-2)24(29)33-14-23(28)27-19(20-4-3-11-32-20)13-18(26-27)15-5-8-17(25)9-6-15/h3-12,19H,13-14H2,1-2H3/t19-/m1/s1. The number of ether oxygens (including phenoxy) is 3. The van der Waals surface area contributed by atoms with Gasteiger partial charge in [0.25, 0.3) is 5.91 Å². The number of hydrogen-bond donors (Lipinski definition) is 0. The van der Waals surface area contributed by atoms with E-state index in [1.54, 1.807) is 30.3 Å². The van der Waals surface area contributed by atoms with Crippen LogP contribution in [0.25, 0.3) is 0 Å². The zero-order valence-corrected chi connectivity index (χ0v) is 18.7. The van der Waals surface area contributed by atoms with Crippen molar-refractivity contribution in [2.24, 2.45) is 5.10 Å². The smallest absolute Gasteiger partial charge is 0.338 e. The number of halogens is 1. The van der Waals surface area contributed by atoms with Gasteiger partial charge in [0.05, 0.1) is 31.8 Å². The number of nitrogens with zero attached hydrogens (tertiary/aromatic N) is 2. The molecule has 0 aliphatic carbocycles. The lowest BCUT2D eigenvalue weighted by atomic mass is 10.0. The molecule has 8 nitrogen and oxygen atoms in total. The Kier molecular flexibility index (Phi) is 6.65. The van der Waals surface area contributed by atoms with Gasteiger partial charge < -0.3 is 18.6 Å². The maximum absolute atomic E-state index is 13.0. The molecule has 0 fully saturated rings. The first-order valence-electron chi connectivity index (χ1n) is 10.1. The number of furan rings is 1. The van der Waals surface area contributed by atoms with Crippen LogP contribution in [0, 0.1) is 0 Å². The summed E-state index contributed by atoms with van der Waals surface area (Å²) in [7, 11) is 2.97. The average molecular weight is 469 g/mol. The predicted molar refractivity (Wildman–Crippen MR) is 121 cm³/mol. The number of carbonyl (C=O) groups excluding carboxylic acids is 2. The number of amides is 1. The fraction of sp³-hybridized carbons (Fsp3) is 0.208. The number of esters is 1. The molecule has 1 aromatic heterocycles. The van der Waals surface area contributed by atoms with E-state index in [-0.39, 0.29) is 5.56 Å². The Hall–Kier alpha value is -3.78. The van der Waals surface area contributed by atoms with E-state index in [9.17, 15) is 9.59 Å². The Morgan fingerprint density at radius 3 is 2.52 bits per heavy atom. The maximum Gasteiger partial charge on any atom is 0.338 e. The molecule has 2 heterocycles. The lowest BCUT2D eigenvalue weighted by Gasteiger charge is -2.19. The SMILES string of the molecule is COc1ccc(C(=O)OCC(=O)N2N=C(c3ccc(Cl)cc3)C[C@@H]2c2ccco2)cc1OC. The van der Waals surface area contributed by atoms with Gasteiger partial charge in [0, 0.05) is 11.4 Å². The van der Waals surface area contributed by atoms with Crippen LogP contribution in [0.5, 0.6) is 11.5 Å². The second-order valence-electron chi connectivity index (χ2n) is 7.17. The van der Waals surface area contributed by atoms with Crippen molar-refractivity contribution in [1.82, 2.24) is 5.01 Å². The van der Waals surface area contributed by atoms with Crippen molar-refractivity contribution in [3.05, 3.63) is 82.8 Å². The van der Waals surface area contributed by atoms with E-state index in [1.807, 2.05) is 12.1 Å². The van der Waals surface area contributed by atoms with Crippen molar-refractivity contribution in [1.29, 1.82) is 0 Å². The van der Waals surface area contributed by atoms with Crippen LogP contribution < -0.4 is 9.47 Å². The Bertz CT molecular complexity index is 1170. The van der Waals surface area contributed by atoms with Crippen molar-refractivity contribution in [2.45, 2.75) is 12.5 Å². The topological polar surface area (TPSA) is 90.6 Å². The first-order chi connectivity index (χ1) is 16.0. The molecule has 170 valence electrons. The van der Waals surface area contributed by atoms with Crippen molar-refractivity contribution < 1.29 is 28.2 Å². The van der Waals surface area contributed by atoms with Crippen LogP contribution in [-0.4, -0.2) is 43.4 Å². The van der Waals surface area contributed by atoms with Gasteiger partial charge in [-0.05, 0) is 48.0 Å². The van der Waals surface area contributed by atoms with E-state index >= 15 is 0 Å². The monoisotopic (exact) mass is 468 g/mol. The zero-order valence-electron chi connectivity index (χ0n) is 18.0. The molecule has 4 rings (SSSR count). The summed E-state index contributed by atoms with van der Waals surface area (Å²) in [5.74, 6) is 0.303. The minimum Gasteiger partial charge on any atom is -0.493 e. The quantitative estimate of drug-likeness (QED) is 0.475. The average Bonchev–Trinajstić information content (AvgIpc) is 3.52. The normalized spacial score (nSPS) is 15.2. The van der Waals surface area contributed by atoms with Crippen LogP contribution in [0.15, 0.2) is 70.4 Å².